The Balaban J connectivity index is 1.52. The molecule has 0 atom stereocenters. The van der Waals surface area contributed by atoms with Gasteiger partial charge in [0, 0.05) is 37.2 Å². The predicted molar refractivity (Wildman–Crippen MR) is 122 cm³/mol. The number of piperidine rings is 1. The molecule has 4 rings (SSSR count). The number of para-hydroxylation sites is 2. The molecule has 0 bridgehead atoms. The summed E-state index contributed by atoms with van der Waals surface area (Å²) in [6.45, 7) is 6.87. The van der Waals surface area contributed by atoms with Crippen molar-refractivity contribution in [3.8, 4) is 11.5 Å². The molecule has 0 radical (unpaired) electrons. The number of amides is 1. The fourth-order valence-electron chi connectivity index (χ4n) is 4.42. The number of rotatable bonds is 6. The molecule has 0 saturated carbocycles. The second kappa shape index (κ2) is 9.00. The van der Waals surface area contributed by atoms with E-state index in [1.54, 1.807) is 32.4 Å². The second-order valence-corrected chi connectivity index (χ2v) is 8.63. The van der Waals surface area contributed by atoms with Crippen LogP contribution in [0.1, 0.15) is 48.8 Å². The van der Waals surface area contributed by atoms with Crippen molar-refractivity contribution in [3.63, 3.8) is 0 Å². The zero-order valence-electron chi connectivity index (χ0n) is 18.8. The Kier molecular flexibility index (Phi) is 6.16. The van der Waals surface area contributed by atoms with Crippen LogP contribution in [0.15, 0.2) is 42.5 Å². The van der Waals surface area contributed by atoms with Crippen molar-refractivity contribution >= 4 is 16.9 Å². The van der Waals surface area contributed by atoms with Crippen LogP contribution in [0.3, 0.4) is 0 Å². The quantitative estimate of drug-likeness (QED) is 0.577. The maximum absolute atomic E-state index is 13.1. The summed E-state index contributed by atoms with van der Waals surface area (Å²) in [4.78, 5) is 20.0. The van der Waals surface area contributed by atoms with E-state index in [0.717, 1.165) is 30.7 Å². The molecule has 6 heteroatoms. The van der Waals surface area contributed by atoms with Gasteiger partial charge < -0.3 is 18.9 Å². The Morgan fingerprint density at radius 3 is 2.32 bits per heavy atom. The zero-order valence-corrected chi connectivity index (χ0v) is 18.8. The minimum atomic E-state index is 0.0198. The van der Waals surface area contributed by atoms with Crippen molar-refractivity contribution in [1.82, 2.24) is 14.5 Å². The van der Waals surface area contributed by atoms with Gasteiger partial charge in [-0.15, -0.1) is 0 Å². The molecule has 1 aromatic heterocycles. The van der Waals surface area contributed by atoms with E-state index in [0.29, 0.717) is 42.0 Å². The van der Waals surface area contributed by atoms with Crippen molar-refractivity contribution in [2.45, 2.75) is 39.2 Å². The lowest BCUT2D eigenvalue weighted by Crippen LogP contribution is -2.38. The lowest BCUT2D eigenvalue weighted by Gasteiger charge is -2.32. The van der Waals surface area contributed by atoms with Gasteiger partial charge in [0.1, 0.15) is 17.3 Å². The highest BCUT2D eigenvalue weighted by Crippen LogP contribution is 2.32. The summed E-state index contributed by atoms with van der Waals surface area (Å²) in [6, 6.07) is 13.7. The Morgan fingerprint density at radius 1 is 1.06 bits per heavy atom. The van der Waals surface area contributed by atoms with E-state index in [2.05, 4.69) is 36.6 Å². The van der Waals surface area contributed by atoms with Gasteiger partial charge in [-0.25, -0.2) is 4.98 Å². The van der Waals surface area contributed by atoms with E-state index in [1.807, 2.05) is 11.0 Å². The number of likely N-dealkylation sites (tertiary alicyclic amines) is 1. The van der Waals surface area contributed by atoms with Crippen LogP contribution in [0.2, 0.25) is 0 Å². The van der Waals surface area contributed by atoms with E-state index in [9.17, 15) is 4.79 Å². The molecule has 1 saturated heterocycles. The molecule has 0 N–H and O–H groups in total. The van der Waals surface area contributed by atoms with Crippen LogP contribution in [0.5, 0.6) is 11.5 Å². The van der Waals surface area contributed by atoms with E-state index in [-0.39, 0.29) is 5.91 Å². The fraction of sp³-hybridized carbons (Fsp3) is 0.440. The minimum Gasteiger partial charge on any atom is -0.497 e. The smallest absolute Gasteiger partial charge is 0.254 e. The first-order valence-electron chi connectivity index (χ1n) is 11.0. The summed E-state index contributed by atoms with van der Waals surface area (Å²) in [5, 5.41) is 0. The largest absolute Gasteiger partial charge is 0.497 e. The first-order chi connectivity index (χ1) is 15.0. The number of benzene rings is 2. The molecule has 1 fully saturated rings. The highest BCUT2D eigenvalue weighted by molar-refractivity contribution is 5.95. The third-order valence-corrected chi connectivity index (χ3v) is 5.98. The second-order valence-electron chi connectivity index (χ2n) is 8.63. The third kappa shape index (κ3) is 4.38. The maximum atomic E-state index is 13.1. The van der Waals surface area contributed by atoms with Gasteiger partial charge in [0.25, 0.3) is 5.91 Å². The van der Waals surface area contributed by atoms with Crippen LogP contribution >= 0.6 is 0 Å². The molecule has 3 aromatic rings. The Labute approximate surface area is 183 Å². The number of carbonyl (C=O) groups is 1. The SMILES string of the molecule is COc1cc(OC)cc(C(=O)N2CCC(c3nc4ccccc4n3CC(C)C)CC2)c1. The number of ether oxygens (including phenoxy) is 2. The maximum Gasteiger partial charge on any atom is 0.254 e. The Bertz CT molecular complexity index is 1040. The normalized spacial score (nSPS) is 14.9. The van der Waals surface area contributed by atoms with Gasteiger partial charge in [-0.05, 0) is 43.0 Å². The molecular weight excluding hydrogens is 390 g/mol. The number of methoxy groups -OCH3 is 2. The van der Waals surface area contributed by atoms with Crippen LogP contribution in [0.25, 0.3) is 11.0 Å². The monoisotopic (exact) mass is 421 g/mol. The van der Waals surface area contributed by atoms with Gasteiger partial charge in [0.2, 0.25) is 0 Å². The number of hydrogen-bond acceptors (Lipinski definition) is 4. The highest BCUT2D eigenvalue weighted by Gasteiger charge is 2.28. The van der Waals surface area contributed by atoms with Gasteiger partial charge in [0.15, 0.2) is 0 Å². The first kappa shape index (κ1) is 21.2. The lowest BCUT2D eigenvalue weighted by molar-refractivity contribution is 0.0709. The number of hydrogen-bond donors (Lipinski definition) is 0. The molecule has 6 nitrogen and oxygen atoms in total. The molecule has 1 aliphatic rings. The molecule has 0 aliphatic carbocycles. The summed E-state index contributed by atoms with van der Waals surface area (Å²) in [6.07, 6.45) is 1.82. The summed E-state index contributed by atoms with van der Waals surface area (Å²) < 4.78 is 13.0. The molecule has 0 spiro atoms. The Morgan fingerprint density at radius 2 is 1.71 bits per heavy atom. The van der Waals surface area contributed by atoms with Crippen molar-refractivity contribution in [3.05, 3.63) is 53.9 Å². The molecule has 31 heavy (non-hydrogen) atoms. The average molecular weight is 422 g/mol. The van der Waals surface area contributed by atoms with Gasteiger partial charge in [-0.3, -0.25) is 4.79 Å². The minimum absolute atomic E-state index is 0.0198. The number of nitrogens with zero attached hydrogens (tertiary/aromatic N) is 3. The van der Waals surface area contributed by atoms with Crippen LogP contribution in [0.4, 0.5) is 0 Å². The van der Waals surface area contributed by atoms with E-state index >= 15 is 0 Å². The van der Waals surface area contributed by atoms with E-state index in [1.165, 1.54) is 5.52 Å². The summed E-state index contributed by atoms with van der Waals surface area (Å²) >= 11 is 0. The van der Waals surface area contributed by atoms with Crippen LogP contribution in [-0.4, -0.2) is 47.7 Å². The van der Waals surface area contributed by atoms with Gasteiger partial charge in [-0.1, -0.05) is 26.0 Å². The molecule has 1 aliphatic heterocycles. The Hall–Kier alpha value is -3.02. The van der Waals surface area contributed by atoms with E-state index < -0.39 is 0 Å². The predicted octanol–water partition coefficient (Wildman–Crippen LogP) is 4.73. The van der Waals surface area contributed by atoms with Crippen molar-refractivity contribution in [1.29, 1.82) is 0 Å². The third-order valence-electron chi connectivity index (χ3n) is 5.98. The van der Waals surface area contributed by atoms with Crippen molar-refractivity contribution in [2.75, 3.05) is 27.3 Å². The van der Waals surface area contributed by atoms with Crippen molar-refractivity contribution < 1.29 is 14.3 Å². The van der Waals surface area contributed by atoms with Gasteiger partial charge >= 0.3 is 0 Å². The fourth-order valence-corrected chi connectivity index (χ4v) is 4.42. The van der Waals surface area contributed by atoms with E-state index in [4.69, 9.17) is 14.5 Å². The summed E-state index contributed by atoms with van der Waals surface area (Å²) in [5.41, 5.74) is 2.86. The number of aromatic nitrogens is 2. The standard InChI is InChI=1S/C25H31N3O3/c1-17(2)16-28-23-8-6-5-7-22(23)26-24(28)18-9-11-27(12-10-18)25(29)19-13-20(30-3)15-21(14-19)31-4/h5-8,13-15,17-18H,9-12,16H2,1-4H3. The molecular formula is C25H31N3O3. The zero-order chi connectivity index (χ0) is 22.0. The van der Waals surface area contributed by atoms with Crippen LogP contribution in [-0.2, 0) is 6.54 Å². The van der Waals surface area contributed by atoms with Crippen LogP contribution in [0, 0.1) is 5.92 Å². The molecule has 2 heterocycles. The lowest BCUT2D eigenvalue weighted by atomic mass is 9.95. The van der Waals surface area contributed by atoms with Gasteiger partial charge in [-0.2, -0.15) is 0 Å². The summed E-state index contributed by atoms with van der Waals surface area (Å²) in [7, 11) is 3.19. The number of carbonyl (C=O) groups excluding carboxylic acids is 1. The molecule has 1 amide bonds. The average Bonchev–Trinajstić information content (AvgIpc) is 3.16. The van der Waals surface area contributed by atoms with Crippen molar-refractivity contribution in [2.24, 2.45) is 5.92 Å². The van der Waals surface area contributed by atoms with Crippen LogP contribution < -0.4 is 9.47 Å². The number of fused-ring (bicyclic) bond motifs is 1. The number of imidazole rings is 1. The topological polar surface area (TPSA) is 56.6 Å². The molecule has 164 valence electrons. The first-order valence-corrected chi connectivity index (χ1v) is 11.0. The molecule has 0 unspecified atom stereocenters. The highest BCUT2D eigenvalue weighted by atomic mass is 16.5. The summed E-state index contributed by atoms with van der Waals surface area (Å²) in [5.74, 6) is 3.33. The van der Waals surface area contributed by atoms with Gasteiger partial charge in [0.05, 0.1) is 25.3 Å². The molecule has 2 aromatic carbocycles.